The second kappa shape index (κ2) is 9.68. The van der Waals surface area contributed by atoms with Gasteiger partial charge in [-0.25, -0.2) is 12.8 Å². The SMILES string of the molecule is CC(C)c1ncc(C(F)(F)F)cc1/C=C\C(=O)N[C@H](C)c1ccc(NS(C)(=O)=O)c(F)c1. The minimum Gasteiger partial charge on any atom is -0.346 e. The molecule has 0 fully saturated rings. The van der Waals surface area contributed by atoms with Crippen LogP contribution in [0, 0.1) is 5.82 Å². The highest BCUT2D eigenvalue weighted by Gasteiger charge is 2.31. The van der Waals surface area contributed by atoms with Crippen LogP contribution >= 0.6 is 0 Å². The van der Waals surface area contributed by atoms with Gasteiger partial charge in [0.15, 0.2) is 0 Å². The zero-order chi connectivity index (χ0) is 24.3. The summed E-state index contributed by atoms with van der Waals surface area (Å²) in [5, 5.41) is 2.58. The van der Waals surface area contributed by atoms with Crippen LogP contribution in [-0.4, -0.2) is 25.6 Å². The summed E-state index contributed by atoms with van der Waals surface area (Å²) in [4.78, 5) is 16.2. The number of nitrogens with zero attached hydrogens (tertiary/aromatic N) is 1. The number of alkyl halides is 3. The van der Waals surface area contributed by atoms with Gasteiger partial charge in [-0.05, 0) is 48.2 Å². The van der Waals surface area contributed by atoms with E-state index in [9.17, 15) is 30.8 Å². The Morgan fingerprint density at radius 2 is 1.81 bits per heavy atom. The summed E-state index contributed by atoms with van der Waals surface area (Å²) in [6.45, 7) is 5.12. The Balaban J connectivity index is 2.18. The number of anilines is 1. The number of halogens is 4. The molecular formula is C21H23F4N3O3S. The smallest absolute Gasteiger partial charge is 0.346 e. The second-order valence-electron chi connectivity index (χ2n) is 7.53. The van der Waals surface area contributed by atoms with Crippen LogP contribution in [0.4, 0.5) is 23.2 Å². The second-order valence-corrected chi connectivity index (χ2v) is 9.28. The van der Waals surface area contributed by atoms with Crippen LogP contribution in [0.15, 0.2) is 36.5 Å². The highest BCUT2D eigenvalue weighted by Crippen LogP contribution is 2.31. The summed E-state index contributed by atoms with van der Waals surface area (Å²) in [5.41, 5.74) is -0.209. The Hall–Kier alpha value is -2.95. The number of hydrogen-bond donors (Lipinski definition) is 2. The normalized spacial score (nSPS) is 13.4. The third-order valence-corrected chi connectivity index (χ3v) is 4.98. The molecule has 1 aromatic heterocycles. The van der Waals surface area contributed by atoms with Gasteiger partial charge in [0.1, 0.15) is 5.82 Å². The fourth-order valence-electron chi connectivity index (χ4n) is 2.86. The molecular weight excluding hydrogens is 450 g/mol. The van der Waals surface area contributed by atoms with E-state index in [-0.39, 0.29) is 17.2 Å². The monoisotopic (exact) mass is 473 g/mol. The molecule has 174 valence electrons. The zero-order valence-electron chi connectivity index (χ0n) is 17.8. The lowest BCUT2D eigenvalue weighted by atomic mass is 10.0. The number of carbonyl (C=O) groups excluding carboxylic acids is 1. The summed E-state index contributed by atoms with van der Waals surface area (Å²) in [5.74, 6) is -1.59. The fraction of sp³-hybridized carbons (Fsp3) is 0.333. The average Bonchev–Trinajstić information content (AvgIpc) is 2.65. The van der Waals surface area contributed by atoms with Crippen LogP contribution in [0.3, 0.4) is 0 Å². The molecule has 0 spiro atoms. The van der Waals surface area contributed by atoms with Crippen LogP contribution in [-0.2, 0) is 21.0 Å². The van der Waals surface area contributed by atoms with Crippen LogP contribution < -0.4 is 10.0 Å². The summed E-state index contributed by atoms with van der Waals surface area (Å²) < 4.78 is 77.7. The number of sulfonamides is 1. The van der Waals surface area contributed by atoms with Gasteiger partial charge in [-0.15, -0.1) is 0 Å². The molecule has 6 nitrogen and oxygen atoms in total. The van der Waals surface area contributed by atoms with Crippen molar-refractivity contribution < 1.29 is 30.8 Å². The molecule has 0 aliphatic rings. The summed E-state index contributed by atoms with van der Waals surface area (Å²) in [6, 6.07) is 4.03. The summed E-state index contributed by atoms with van der Waals surface area (Å²) >= 11 is 0. The van der Waals surface area contributed by atoms with Gasteiger partial charge in [0.25, 0.3) is 0 Å². The first-order valence-corrected chi connectivity index (χ1v) is 11.4. The Kier molecular flexibility index (Phi) is 7.66. The van der Waals surface area contributed by atoms with Crippen LogP contribution in [0.2, 0.25) is 0 Å². The van der Waals surface area contributed by atoms with Gasteiger partial charge >= 0.3 is 6.18 Å². The molecule has 1 heterocycles. The Labute approximate surface area is 183 Å². The fourth-order valence-corrected chi connectivity index (χ4v) is 3.42. The van der Waals surface area contributed by atoms with Crippen LogP contribution in [0.25, 0.3) is 6.08 Å². The first-order valence-electron chi connectivity index (χ1n) is 9.50. The van der Waals surface area contributed by atoms with Crippen molar-refractivity contribution in [3.63, 3.8) is 0 Å². The van der Waals surface area contributed by atoms with Crippen molar-refractivity contribution in [3.05, 3.63) is 64.7 Å². The average molecular weight is 473 g/mol. The molecule has 2 rings (SSSR count). The number of rotatable bonds is 7. The molecule has 1 aromatic carbocycles. The number of amides is 1. The zero-order valence-corrected chi connectivity index (χ0v) is 18.6. The van der Waals surface area contributed by atoms with E-state index in [0.717, 1.165) is 30.7 Å². The van der Waals surface area contributed by atoms with Crippen molar-refractivity contribution >= 4 is 27.7 Å². The first kappa shape index (κ1) is 25.3. The molecule has 0 radical (unpaired) electrons. The number of hydrogen-bond acceptors (Lipinski definition) is 4. The van der Waals surface area contributed by atoms with E-state index in [2.05, 4.69) is 10.3 Å². The third kappa shape index (κ3) is 7.04. The van der Waals surface area contributed by atoms with Gasteiger partial charge in [-0.1, -0.05) is 19.9 Å². The molecule has 0 bridgehead atoms. The van der Waals surface area contributed by atoms with Gasteiger partial charge in [0.05, 0.1) is 29.2 Å². The van der Waals surface area contributed by atoms with Gasteiger partial charge in [-0.2, -0.15) is 13.2 Å². The van der Waals surface area contributed by atoms with Crippen molar-refractivity contribution in [2.24, 2.45) is 0 Å². The Morgan fingerprint density at radius 3 is 2.34 bits per heavy atom. The molecule has 1 atom stereocenters. The maximum atomic E-state index is 14.1. The highest BCUT2D eigenvalue weighted by molar-refractivity contribution is 7.92. The van der Waals surface area contributed by atoms with Gasteiger partial charge in [0, 0.05) is 12.3 Å². The van der Waals surface area contributed by atoms with Crippen molar-refractivity contribution in [1.82, 2.24) is 10.3 Å². The van der Waals surface area contributed by atoms with E-state index in [1.54, 1.807) is 20.8 Å². The van der Waals surface area contributed by atoms with Crippen molar-refractivity contribution in [3.8, 4) is 0 Å². The third-order valence-electron chi connectivity index (χ3n) is 4.39. The number of nitrogens with one attached hydrogen (secondary N) is 2. The van der Waals surface area contributed by atoms with E-state index in [4.69, 9.17) is 0 Å². The van der Waals surface area contributed by atoms with E-state index in [1.807, 2.05) is 4.72 Å². The van der Waals surface area contributed by atoms with Crippen LogP contribution in [0.5, 0.6) is 0 Å². The molecule has 2 N–H and O–H groups in total. The lowest BCUT2D eigenvalue weighted by Gasteiger charge is -2.15. The predicted molar refractivity (Wildman–Crippen MR) is 114 cm³/mol. The summed E-state index contributed by atoms with van der Waals surface area (Å²) in [6.07, 6.45) is -0.593. The largest absolute Gasteiger partial charge is 0.417 e. The van der Waals surface area contributed by atoms with Crippen molar-refractivity contribution in [1.29, 1.82) is 0 Å². The molecule has 2 aromatic rings. The molecule has 0 saturated heterocycles. The quantitative estimate of drug-likeness (QED) is 0.454. The topological polar surface area (TPSA) is 88.2 Å². The van der Waals surface area contributed by atoms with Gasteiger partial charge in [-0.3, -0.25) is 14.5 Å². The van der Waals surface area contributed by atoms with Crippen molar-refractivity contribution in [2.45, 2.75) is 38.9 Å². The van der Waals surface area contributed by atoms with E-state index in [1.165, 1.54) is 18.2 Å². The van der Waals surface area contributed by atoms with Gasteiger partial charge in [0.2, 0.25) is 15.9 Å². The molecule has 0 aliphatic carbocycles. The number of aromatic nitrogens is 1. The minimum atomic E-state index is -4.57. The summed E-state index contributed by atoms with van der Waals surface area (Å²) in [7, 11) is -3.65. The molecule has 0 saturated carbocycles. The number of carbonyl (C=O) groups is 1. The molecule has 0 unspecified atom stereocenters. The Bertz CT molecular complexity index is 1130. The van der Waals surface area contributed by atoms with E-state index < -0.39 is 39.5 Å². The van der Waals surface area contributed by atoms with E-state index in [0.29, 0.717) is 11.3 Å². The minimum absolute atomic E-state index is 0.166. The standard InChI is InChI=1S/C21H23F4N3O3S/c1-12(2)20-15(9-16(11-26-20)21(23,24)25)6-8-19(29)27-13(3)14-5-7-18(17(22)10-14)28-32(4,30)31/h5-13,28H,1-4H3,(H,27,29)/b8-6-/t13-/m1/s1. The van der Waals surface area contributed by atoms with Crippen LogP contribution in [0.1, 0.15) is 55.1 Å². The maximum Gasteiger partial charge on any atom is 0.417 e. The molecule has 11 heteroatoms. The predicted octanol–water partition coefficient (Wildman–Crippen LogP) is 4.63. The molecule has 32 heavy (non-hydrogen) atoms. The lowest BCUT2D eigenvalue weighted by Crippen LogP contribution is -2.24. The molecule has 1 amide bonds. The van der Waals surface area contributed by atoms with E-state index >= 15 is 0 Å². The molecule has 0 aliphatic heterocycles. The maximum absolute atomic E-state index is 14.1. The Morgan fingerprint density at radius 1 is 1.16 bits per heavy atom. The lowest BCUT2D eigenvalue weighted by molar-refractivity contribution is -0.137. The van der Waals surface area contributed by atoms with Gasteiger partial charge < -0.3 is 5.32 Å². The first-order chi connectivity index (χ1) is 14.7. The highest BCUT2D eigenvalue weighted by atomic mass is 32.2. The number of pyridine rings is 1. The number of benzene rings is 1. The van der Waals surface area contributed by atoms with Crippen molar-refractivity contribution in [2.75, 3.05) is 11.0 Å².